The first kappa shape index (κ1) is 21.4. The Bertz CT molecular complexity index is 1630. The molecule has 8 heteroatoms. The average Bonchev–Trinajstić information content (AvgIpc) is 3.38. The van der Waals surface area contributed by atoms with Crippen molar-refractivity contribution in [3.05, 3.63) is 84.3 Å². The summed E-state index contributed by atoms with van der Waals surface area (Å²) < 4.78 is 29.0. The maximum atomic E-state index is 14.7. The quantitative estimate of drug-likeness (QED) is 0.384. The minimum Gasteiger partial charge on any atom is -0.355 e. The van der Waals surface area contributed by atoms with E-state index < -0.39 is 0 Å². The van der Waals surface area contributed by atoms with Crippen LogP contribution in [0.1, 0.15) is 12.0 Å². The minimum absolute atomic E-state index is 0.174. The highest BCUT2D eigenvalue weighted by Crippen LogP contribution is 2.63. The van der Waals surface area contributed by atoms with Crippen LogP contribution in [0.2, 0.25) is 0 Å². The summed E-state index contributed by atoms with van der Waals surface area (Å²) in [7, 11) is 0. The molecule has 36 heavy (non-hydrogen) atoms. The number of hydrogen-bond donors (Lipinski definition) is 2. The number of benzene rings is 2. The molecule has 180 valence electrons. The molecule has 3 atom stereocenters. The van der Waals surface area contributed by atoms with Crippen molar-refractivity contribution >= 4 is 27.9 Å². The monoisotopic (exact) mass is 482 g/mol. The summed E-state index contributed by atoms with van der Waals surface area (Å²) >= 11 is 0. The van der Waals surface area contributed by atoms with E-state index in [0.717, 1.165) is 52.9 Å². The third-order valence-corrected chi connectivity index (χ3v) is 8.24. The molecule has 1 aliphatic carbocycles. The Morgan fingerprint density at radius 2 is 1.86 bits per heavy atom. The maximum Gasteiger partial charge on any atom is 0.159 e. The fraction of sp³-hybridized carbons (Fsp3) is 0.250. The van der Waals surface area contributed by atoms with Gasteiger partial charge in [0.05, 0.1) is 6.20 Å². The number of rotatable bonds is 4. The van der Waals surface area contributed by atoms with Crippen LogP contribution < -0.4 is 10.6 Å². The number of halogens is 2. The fourth-order valence-corrected chi connectivity index (χ4v) is 6.45. The van der Waals surface area contributed by atoms with Gasteiger partial charge in [-0.2, -0.15) is 0 Å². The number of nitrogens with one attached hydrogen (secondary N) is 1. The molecule has 0 bridgehead atoms. The van der Waals surface area contributed by atoms with Gasteiger partial charge in [0, 0.05) is 48.4 Å². The Hall–Kier alpha value is -3.91. The first-order chi connectivity index (χ1) is 17.6. The van der Waals surface area contributed by atoms with Gasteiger partial charge in [-0.25, -0.2) is 18.7 Å². The van der Waals surface area contributed by atoms with Crippen LogP contribution in [0, 0.1) is 23.5 Å². The van der Waals surface area contributed by atoms with Gasteiger partial charge in [0.2, 0.25) is 0 Å². The minimum atomic E-state index is -0.352. The van der Waals surface area contributed by atoms with E-state index >= 15 is 0 Å². The second-order valence-corrected chi connectivity index (χ2v) is 9.79. The lowest BCUT2D eigenvalue weighted by Crippen LogP contribution is -2.32. The summed E-state index contributed by atoms with van der Waals surface area (Å²) in [6, 6.07) is 13.9. The molecule has 6 nitrogen and oxygen atoms in total. The second kappa shape index (κ2) is 7.80. The largest absolute Gasteiger partial charge is 0.355 e. The van der Waals surface area contributed by atoms with Crippen molar-refractivity contribution in [3.8, 4) is 11.1 Å². The summed E-state index contributed by atoms with van der Waals surface area (Å²) in [5.74, 6) is 0.918. The molecule has 0 unspecified atom stereocenters. The second-order valence-electron chi connectivity index (χ2n) is 9.79. The third-order valence-electron chi connectivity index (χ3n) is 8.24. The zero-order chi connectivity index (χ0) is 24.4. The van der Waals surface area contributed by atoms with Crippen LogP contribution in [-0.2, 0) is 5.41 Å². The maximum absolute atomic E-state index is 14.7. The summed E-state index contributed by atoms with van der Waals surface area (Å²) in [6.07, 6.45) is 6.17. The molecule has 2 aliphatic rings. The number of nitrogens with two attached hydrogens (primary N) is 1. The Labute approximate surface area is 206 Å². The Morgan fingerprint density at radius 3 is 2.72 bits per heavy atom. The highest BCUT2D eigenvalue weighted by molar-refractivity contribution is 6.02. The molecule has 1 aliphatic heterocycles. The third kappa shape index (κ3) is 2.94. The smallest absolute Gasteiger partial charge is 0.159 e. The number of piperidine rings is 1. The van der Waals surface area contributed by atoms with Gasteiger partial charge in [0.15, 0.2) is 5.65 Å². The number of fused-ring (bicyclic) bond motifs is 3. The Balaban J connectivity index is 1.21. The van der Waals surface area contributed by atoms with Crippen LogP contribution in [-0.4, -0.2) is 39.6 Å². The van der Waals surface area contributed by atoms with Gasteiger partial charge in [-0.3, -0.25) is 4.98 Å². The molecule has 5 aromatic rings. The number of anilines is 1. The number of nitrogens with zero attached hydrogens (tertiary/aromatic N) is 4. The Morgan fingerprint density at radius 1 is 0.972 bits per heavy atom. The number of hydrogen-bond acceptors (Lipinski definition) is 5. The van der Waals surface area contributed by atoms with Gasteiger partial charge in [-0.05, 0) is 47.6 Å². The van der Waals surface area contributed by atoms with Crippen molar-refractivity contribution in [2.45, 2.75) is 11.8 Å². The van der Waals surface area contributed by atoms with Crippen molar-refractivity contribution < 1.29 is 8.78 Å². The molecule has 0 amide bonds. The van der Waals surface area contributed by atoms with E-state index in [4.69, 9.17) is 15.7 Å². The molecular weight excluding hydrogens is 458 g/mol. The van der Waals surface area contributed by atoms with E-state index in [1.807, 2.05) is 24.4 Å². The molecule has 7 rings (SSSR count). The molecule has 0 radical (unpaired) electrons. The molecule has 3 N–H and O–H groups in total. The standard InChI is InChI=1S/C28H24F2N6/c29-22-6-2-1-5-20(22)28(15-31)19-9-11-36(14-21(19)28)24-13-33-26-18(12-34-27(26)35-24)16-7-8-23(30)25-17(16)4-3-10-32-25/h1-8,10,12-13,19,21H,9,11,14-15,31H2,(H,34,35)/t19-,21+,28-/m1/s1. The van der Waals surface area contributed by atoms with E-state index in [9.17, 15) is 8.78 Å². The van der Waals surface area contributed by atoms with Crippen LogP contribution >= 0.6 is 0 Å². The van der Waals surface area contributed by atoms with Crippen molar-refractivity contribution in [1.82, 2.24) is 19.9 Å². The van der Waals surface area contributed by atoms with Crippen LogP contribution in [0.25, 0.3) is 33.2 Å². The van der Waals surface area contributed by atoms with Crippen LogP contribution in [0.4, 0.5) is 14.6 Å². The molecular formula is C28H24F2N6. The molecule has 3 aromatic heterocycles. The molecule has 1 saturated carbocycles. The van der Waals surface area contributed by atoms with Crippen LogP contribution in [0.15, 0.2) is 67.1 Å². The topological polar surface area (TPSA) is 83.7 Å². The fourth-order valence-electron chi connectivity index (χ4n) is 6.45. The first-order valence-electron chi connectivity index (χ1n) is 12.2. The predicted molar refractivity (Wildman–Crippen MR) is 136 cm³/mol. The van der Waals surface area contributed by atoms with Gasteiger partial charge in [-0.1, -0.05) is 30.3 Å². The first-order valence-corrected chi connectivity index (χ1v) is 12.2. The predicted octanol–water partition coefficient (Wildman–Crippen LogP) is 4.80. The molecule has 0 spiro atoms. The van der Waals surface area contributed by atoms with E-state index in [0.29, 0.717) is 23.6 Å². The highest BCUT2D eigenvalue weighted by atomic mass is 19.1. The lowest BCUT2D eigenvalue weighted by molar-refractivity contribution is 0.533. The van der Waals surface area contributed by atoms with Gasteiger partial charge in [-0.15, -0.1) is 0 Å². The zero-order valence-corrected chi connectivity index (χ0v) is 19.5. The number of aromatic amines is 1. The summed E-state index contributed by atoms with van der Waals surface area (Å²) in [5, 5.41) is 0.728. The Kier molecular flexibility index (Phi) is 4.63. The highest BCUT2D eigenvalue weighted by Gasteiger charge is 2.66. The lowest BCUT2D eigenvalue weighted by Gasteiger charge is -2.27. The summed E-state index contributed by atoms with van der Waals surface area (Å²) in [4.78, 5) is 19.3. The van der Waals surface area contributed by atoms with Crippen molar-refractivity contribution in [2.75, 3.05) is 24.5 Å². The zero-order valence-electron chi connectivity index (χ0n) is 19.5. The van der Waals surface area contributed by atoms with Crippen molar-refractivity contribution in [1.29, 1.82) is 0 Å². The molecule has 4 heterocycles. The van der Waals surface area contributed by atoms with E-state index in [1.54, 1.807) is 30.6 Å². The van der Waals surface area contributed by atoms with Gasteiger partial charge in [0.25, 0.3) is 0 Å². The SMILES string of the molecule is NC[C@]1(c2ccccc2F)[C@@H]2CCN(c3cnc4c(-c5ccc(F)c6ncccc56)c[nH]c4n3)C[C@@H]21. The van der Waals surface area contributed by atoms with E-state index in [1.165, 1.54) is 12.1 Å². The molecule has 2 fully saturated rings. The van der Waals surface area contributed by atoms with E-state index in [2.05, 4.69) is 14.9 Å². The number of pyridine rings is 1. The van der Waals surface area contributed by atoms with E-state index in [-0.39, 0.29) is 23.0 Å². The molecule has 1 saturated heterocycles. The lowest BCUT2D eigenvalue weighted by atomic mass is 9.91. The van der Waals surface area contributed by atoms with Gasteiger partial charge >= 0.3 is 0 Å². The summed E-state index contributed by atoms with van der Waals surface area (Å²) in [6.45, 7) is 2.01. The van der Waals surface area contributed by atoms with Crippen LogP contribution in [0.5, 0.6) is 0 Å². The van der Waals surface area contributed by atoms with Crippen LogP contribution in [0.3, 0.4) is 0 Å². The molecule has 2 aromatic carbocycles. The summed E-state index contributed by atoms with van der Waals surface area (Å²) in [5.41, 5.74) is 10.1. The van der Waals surface area contributed by atoms with Crippen molar-refractivity contribution in [2.24, 2.45) is 17.6 Å². The number of H-pyrrole nitrogens is 1. The van der Waals surface area contributed by atoms with Crippen molar-refractivity contribution in [3.63, 3.8) is 0 Å². The number of aromatic nitrogens is 4. The van der Waals surface area contributed by atoms with Gasteiger partial charge in [0.1, 0.15) is 28.5 Å². The van der Waals surface area contributed by atoms with Gasteiger partial charge < -0.3 is 15.6 Å². The normalized spacial score (nSPS) is 23.2. The average molecular weight is 483 g/mol.